The van der Waals surface area contributed by atoms with Crippen molar-refractivity contribution in [3.63, 3.8) is 0 Å². The number of ether oxygens (including phenoxy) is 2. The number of carboxylic acids is 1. The van der Waals surface area contributed by atoms with E-state index in [1.165, 1.54) is 64.2 Å². The van der Waals surface area contributed by atoms with Gasteiger partial charge in [0.2, 0.25) is 0 Å². The first-order chi connectivity index (χ1) is 29.5. The number of rotatable bonds is 39. The Labute approximate surface area is 377 Å². The van der Waals surface area contributed by atoms with Crippen LogP contribution in [0.15, 0.2) is 72.9 Å². The average molecular weight is 898 g/mol. The van der Waals surface area contributed by atoms with E-state index >= 15 is 0 Å². The first-order valence-electron chi connectivity index (χ1n) is 23.4. The Morgan fingerprint density at radius 3 is 1.66 bits per heavy atom. The lowest BCUT2D eigenvalue weighted by molar-refractivity contribution is -0.889. The molecule has 6 N–H and O–H groups in total. The number of carbonyl (C=O) groups excluding carboxylic acids is 2. The Morgan fingerprint density at radius 1 is 0.694 bits per heavy atom. The van der Waals surface area contributed by atoms with Gasteiger partial charge in [0.05, 0.1) is 40.3 Å². The highest BCUT2D eigenvalue weighted by Crippen LogP contribution is 2.36. The van der Waals surface area contributed by atoms with Crippen LogP contribution in [0.4, 0.5) is 0 Å². The zero-order valence-corrected chi connectivity index (χ0v) is 40.6. The summed E-state index contributed by atoms with van der Waals surface area (Å²) in [4.78, 5) is 32.1. The van der Waals surface area contributed by atoms with Gasteiger partial charge in [-0.1, -0.05) is 151 Å². The van der Waals surface area contributed by atoms with Crippen molar-refractivity contribution in [3.8, 4) is 0 Å². The van der Waals surface area contributed by atoms with E-state index in [0.29, 0.717) is 12.8 Å². The molecule has 0 saturated heterocycles. The minimum absolute atomic E-state index is 0.0196. The molecule has 0 rings (SSSR count). The van der Waals surface area contributed by atoms with Crippen molar-refractivity contribution in [3.05, 3.63) is 72.9 Å². The highest BCUT2D eigenvalue weighted by molar-refractivity contribution is 7.51. The quantitative estimate of drug-likeness (QED) is 0.0154. The van der Waals surface area contributed by atoms with Crippen molar-refractivity contribution in [2.24, 2.45) is 0 Å². The Kier molecular flexibility index (Phi) is 41.9. The molecule has 0 amide bonds. The van der Waals surface area contributed by atoms with Gasteiger partial charge >= 0.3 is 13.6 Å². The maximum absolute atomic E-state index is 11.8. The SMILES string of the molecule is CC/C=C\C/C=C\C/C=C\C/C=C\C/C=C\CCCC(=O)OCC(O)COCCC(C(=O)[O-])[N+](C)(C)C.CCCCCCCCCCCCC/C=C/[C@H](O)[C@H]([NH3+])COP(C)(=O)O. The van der Waals surface area contributed by atoms with Crippen LogP contribution >= 0.6 is 7.60 Å². The number of hydrogen-bond acceptors (Lipinski definition) is 9. The molecule has 0 aromatic rings. The zero-order valence-electron chi connectivity index (χ0n) is 39.7. The van der Waals surface area contributed by atoms with E-state index in [0.717, 1.165) is 58.0 Å². The summed E-state index contributed by atoms with van der Waals surface area (Å²) in [6.07, 6.45) is 45.9. The lowest BCUT2D eigenvalue weighted by Gasteiger charge is -2.34. The second-order valence-corrected chi connectivity index (χ2v) is 18.7. The molecule has 0 aliphatic rings. The molecule has 0 saturated carbocycles. The molecule has 0 fully saturated rings. The molecule has 0 heterocycles. The van der Waals surface area contributed by atoms with Gasteiger partial charge in [-0.2, -0.15) is 0 Å². The van der Waals surface area contributed by atoms with Crippen LogP contribution in [0.2, 0.25) is 0 Å². The minimum Gasteiger partial charge on any atom is -0.544 e. The van der Waals surface area contributed by atoms with Gasteiger partial charge in [-0.3, -0.25) is 9.36 Å². The molecule has 5 atom stereocenters. The van der Waals surface area contributed by atoms with Crippen molar-refractivity contribution in [1.82, 2.24) is 0 Å². The molecule has 0 spiro atoms. The van der Waals surface area contributed by atoms with Crippen LogP contribution in [0.5, 0.6) is 0 Å². The standard InChI is InChI=1S/C30H49NO6.C19H40NO4P/c1-5-6-7-8-9-10-11-12-13-14-15-16-17-18-19-20-21-22-29(33)37-26-27(32)25-36-24-23-28(30(34)35)31(2,3)4;1-3-4-5-6-7-8-9-10-11-12-13-14-15-16-19(21)18(20)17-24-25(2,22)23/h6-7,9-10,12-13,15-16,18-19,27-28,32H,5,8,11,14,17,20-26H2,1-4H3;15-16,18-19,21H,3-14,17,20H2,1-2H3,(H,22,23)/p+1/b7-6-,10-9-,13-12-,16-15-,19-18-;16-15+/t;18-,19+/m.1/s1. The number of likely N-dealkylation sites (N-methyl/N-ethyl adjacent to an activating group) is 1. The number of nitrogens with zero attached hydrogens (tertiary/aromatic N) is 1. The molecular formula is C49H90N2O10P+. The molecule has 360 valence electrons. The van der Waals surface area contributed by atoms with Crippen LogP contribution in [0.25, 0.3) is 0 Å². The number of hydrogen-bond donors (Lipinski definition) is 4. The van der Waals surface area contributed by atoms with E-state index in [-0.39, 0.29) is 43.3 Å². The molecule has 3 unspecified atom stereocenters. The van der Waals surface area contributed by atoms with Gasteiger partial charge in [0, 0.05) is 19.5 Å². The predicted molar refractivity (Wildman–Crippen MR) is 252 cm³/mol. The van der Waals surface area contributed by atoms with Crippen LogP contribution in [0.3, 0.4) is 0 Å². The van der Waals surface area contributed by atoms with Crippen molar-refractivity contribution in [2.45, 2.75) is 173 Å². The summed E-state index contributed by atoms with van der Waals surface area (Å²) >= 11 is 0. The fourth-order valence-corrected chi connectivity index (χ4v) is 6.40. The zero-order chi connectivity index (χ0) is 46.7. The van der Waals surface area contributed by atoms with Crippen LogP contribution in [-0.2, 0) is 28.2 Å². The molecule has 0 bridgehead atoms. The lowest BCUT2D eigenvalue weighted by Crippen LogP contribution is -2.68. The van der Waals surface area contributed by atoms with E-state index in [2.05, 4.69) is 80.3 Å². The third kappa shape index (κ3) is 45.4. The Balaban J connectivity index is 0. The highest BCUT2D eigenvalue weighted by atomic mass is 31.2. The van der Waals surface area contributed by atoms with E-state index in [9.17, 15) is 29.5 Å². The number of unbranched alkanes of at least 4 members (excludes halogenated alkanes) is 12. The number of carbonyl (C=O) groups is 2. The molecule has 0 aliphatic heterocycles. The summed E-state index contributed by atoms with van der Waals surface area (Å²) in [6, 6.07) is -1.13. The fraction of sp³-hybridized carbons (Fsp3) is 0.714. The van der Waals surface area contributed by atoms with Crippen molar-refractivity contribution in [1.29, 1.82) is 0 Å². The molecular weight excluding hydrogens is 808 g/mol. The van der Waals surface area contributed by atoms with Gasteiger partial charge in [-0.25, -0.2) is 0 Å². The van der Waals surface area contributed by atoms with Gasteiger partial charge in [0.1, 0.15) is 37.5 Å². The van der Waals surface area contributed by atoms with Crippen LogP contribution in [-0.4, -0.2) is 110 Å². The molecule has 0 aromatic heterocycles. The highest BCUT2D eigenvalue weighted by Gasteiger charge is 2.25. The monoisotopic (exact) mass is 898 g/mol. The van der Waals surface area contributed by atoms with Crippen LogP contribution in [0.1, 0.15) is 149 Å². The minimum atomic E-state index is -3.49. The first kappa shape index (κ1) is 61.4. The largest absolute Gasteiger partial charge is 0.544 e. The van der Waals surface area contributed by atoms with Crippen molar-refractivity contribution in [2.75, 3.05) is 54.2 Å². The maximum Gasteiger partial charge on any atom is 0.325 e. The van der Waals surface area contributed by atoms with E-state index in [4.69, 9.17) is 18.9 Å². The Hall–Kier alpha value is -2.67. The fourth-order valence-electron chi connectivity index (χ4n) is 5.93. The summed E-state index contributed by atoms with van der Waals surface area (Å²) in [5, 5.41) is 31.0. The third-order valence-electron chi connectivity index (χ3n) is 9.72. The van der Waals surface area contributed by atoms with Gasteiger partial charge < -0.3 is 49.2 Å². The van der Waals surface area contributed by atoms with E-state index in [1.54, 1.807) is 27.2 Å². The van der Waals surface area contributed by atoms with Crippen LogP contribution in [0, 0.1) is 0 Å². The number of allylic oxidation sites excluding steroid dienone is 11. The topological polar surface area (TPSA) is 190 Å². The summed E-state index contributed by atoms with van der Waals surface area (Å²) in [6.45, 7) is 5.51. The summed E-state index contributed by atoms with van der Waals surface area (Å²) < 4.78 is 26.5. The molecule has 0 aromatic carbocycles. The van der Waals surface area contributed by atoms with E-state index < -0.39 is 37.9 Å². The van der Waals surface area contributed by atoms with Gasteiger partial charge in [-0.15, -0.1) is 0 Å². The second-order valence-electron chi connectivity index (χ2n) is 16.9. The predicted octanol–water partition coefficient (Wildman–Crippen LogP) is 8.09. The van der Waals surface area contributed by atoms with Gasteiger partial charge in [0.25, 0.3) is 0 Å². The summed E-state index contributed by atoms with van der Waals surface area (Å²) in [5.41, 5.74) is 3.76. The molecule has 0 aliphatic carbocycles. The third-order valence-corrected chi connectivity index (χ3v) is 10.3. The van der Waals surface area contributed by atoms with Crippen LogP contribution < -0.4 is 10.8 Å². The number of aliphatic carboxylic acids is 1. The smallest absolute Gasteiger partial charge is 0.325 e. The number of quaternary nitrogens is 2. The Morgan fingerprint density at radius 2 is 1.18 bits per heavy atom. The normalized spacial score (nSPS) is 15.5. The average Bonchev–Trinajstić information content (AvgIpc) is 3.21. The number of esters is 1. The van der Waals surface area contributed by atoms with Gasteiger partial charge in [-0.05, 0) is 57.8 Å². The summed E-state index contributed by atoms with van der Waals surface area (Å²) in [7, 11) is 1.83. The molecule has 62 heavy (non-hydrogen) atoms. The summed E-state index contributed by atoms with van der Waals surface area (Å²) in [5.74, 6) is -1.48. The number of carboxylic acid groups (broad SMARTS) is 1. The maximum atomic E-state index is 11.8. The van der Waals surface area contributed by atoms with E-state index in [1.807, 2.05) is 6.08 Å². The molecule has 0 radical (unpaired) electrons. The second kappa shape index (κ2) is 42.3. The Bertz CT molecular complexity index is 1300. The lowest BCUT2D eigenvalue weighted by atomic mass is 10.0. The van der Waals surface area contributed by atoms with Gasteiger partial charge in [0.15, 0.2) is 0 Å². The number of aliphatic hydroxyl groups excluding tert-OH is 2. The first-order valence-corrected chi connectivity index (χ1v) is 25.4. The molecule has 12 nitrogen and oxygen atoms in total. The van der Waals surface area contributed by atoms with Crippen molar-refractivity contribution < 1.29 is 58.6 Å². The van der Waals surface area contributed by atoms with Crippen molar-refractivity contribution >= 4 is 19.5 Å². The number of aliphatic hydroxyl groups is 2. The molecule has 13 heteroatoms.